The van der Waals surface area contributed by atoms with E-state index in [1.54, 1.807) is 11.3 Å². The number of rotatable bonds is 4. The van der Waals surface area contributed by atoms with Crippen LogP contribution in [-0.4, -0.2) is 34.3 Å². The van der Waals surface area contributed by atoms with Crippen molar-refractivity contribution >= 4 is 27.2 Å². The van der Waals surface area contributed by atoms with Gasteiger partial charge in [0.05, 0.1) is 0 Å². The van der Waals surface area contributed by atoms with Crippen molar-refractivity contribution in [1.82, 2.24) is 20.5 Å². The Kier molecular flexibility index (Phi) is 4.27. The van der Waals surface area contributed by atoms with Gasteiger partial charge in [-0.25, -0.2) is 0 Å². The molecule has 1 saturated heterocycles. The van der Waals surface area contributed by atoms with Crippen molar-refractivity contribution in [3.8, 4) is 10.6 Å². The molecule has 6 heteroatoms. The molecule has 5 nitrogen and oxygen atoms in total. The molecule has 2 N–H and O–H groups in total. The summed E-state index contributed by atoms with van der Waals surface area (Å²) in [6.07, 6.45) is 3.69. The van der Waals surface area contributed by atoms with Gasteiger partial charge in [-0.2, -0.15) is 0 Å². The van der Waals surface area contributed by atoms with E-state index in [2.05, 4.69) is 74.3 Å². The lowest BCUT2D eigenvalue weighted by Gasteiger charge is -2.19. The number of nitrogens with one attached hydrogen (secondary N) is 2. The first-order chi connectivity index (χ1) is 13.4. The Balaban J connectivity index is 1.37. The lowest BCUT2D eigenvalue weighted by Crippen LogP contribution is -2.27. The smallest absolute Gasteiger partial charge is 0.206 e. The average Bonchev–Trinajstić information content (AvgIpc) is 3.38. The Labute approximate surface area is 161 Å². The fourth-order valence-electron chi connectivity index (χ4n) is 3.65. The van der Waals surface area contributed by atoms with Crippen LogP contribution in [0.3, 0.4) is 0 Å². The van der Waals surface area contributed by atoms with E-state index in [0.29, 0.717) is 12.0 Å². The summed E-state index contributed by atoms with van der Waals surface area (Å²) in [6, 6.07) is 19.3. The van der Waals surface area contributed by atoms with E-state index in [0.717, 1.165) is 39.6 Å². The third-order valence-electron chi connectivity index (χ3n) is 5.06. The number of hydrogen-bond donors (Lipinski definition) is 2. The number of fused-ring (bicyclic) bond motifs is 1. The third kappa shape index (κ3) is 3.29. The standard InChI is InChI=1S/C21H19N5S/c1-2-4-14(5-3-1)18-12-23-13-19(18)24-21-26-25-20(27-21)16-6-7-17-11-22-9-8-15(17)10-16/h1-11,18-19,23H,12-13H2,(H,24,26)/t18-,19+/m1/s1. The van der Waals surface area contributed by atoms with Gasteiger partial charge in [-0.3, -0.25) is 4.98 Å². The van der Waals surface area contributed by atoms with Crippen LogP contribution in [0.25, 0.3) is 21.3 Å². The van der Waals surface area contributed by atoms with Gasteiger partial charge in [-0.1, -0.05) is 53.8 Å². The molecule has 27 heavy (non-hydrogen) atoms. The zero-order valence-electron chi connectivity index (χ0n) is 14.7. The first-order valence-corrected chi connectivity index (χ1v) is 9.88. The van der Waals surface area contributed by atoms with Crippen LogP contribution in [0.1, 0.15) is 11.5 Å². The van der Waals surface area contributed by atoms with Crippen LogP contribution in [-0.2, 0) is 0 Å². The highest BCUT2D eigenvalue weighted by molar-refractivity contribution is 7.18. The number of pyridine rings is 1. The van der Waals surface area contributed by atoms with Crippen molar-refractivity contribution in [2.45, 2.75) is 12.0 Å². The van der Waals surface area contributed by atoms with Gasteiger partial charge in [0.15, 0.2) is 0 Å². The highest BCUT2D eigenvalue weighted by atomic mass is 32.1. The third-order valence-corrected chi connectivity index (χ3v) is 5.97. The predicted molar refractivity (Wildman–Crippen MR) is 110 cm³/mol. The molecule has 3 heterocycles. The molecule has 1 fully saturated rings. The van der Waals surface area contributed by atoms with Crippen molar-refractivity contribution < 1.29 is 0 Å². The number of benzene rings is 2. The van der Waals surface area contributed by atoms with E-state index < -0.39 is 0 Å². The minimum absolute atomic E-state index is 0.316. The maximum Gasteiger partial charge on any atom is 0.206 e. The number of nitrogens with zero attached hydrogens (tertiary/aromatic N) is 3. The summed E-state index contributed by atoms with van der Waals surface area (Å²) in [5.41, 5.74) is 2.44. The van der Waals surface area contributed by atoms with Crippen molar-refractivity contribution in [3.63, 3.8) is 0 Å². The fourth-order valence-corrected chi connectivity index (χ4v) is 4.46. The number of anilines is 1. The maximum atomic E-state index is 4.40. The summed E-state index contributed by atoms with van der Waals surface area (Å²) >= 11 is 1.60. The SMILES string of the molecule is c1ccc([C@H]2CNC[C@@H]2Nc2nnc(-c3ccc4cnccc4c3)s2)cc1. The quantitative estimate of drug-likeness (QED) is 0.568. The van der Waals surface area contributed by atoms with E-state index in [4.69, 9.17) is 0 Å². The molecular weight excluding hydrogens is 354 g/mol. The Morgan fingerprint density at radius 3 is 2.81 bits per heavy atom. The zero-order valence-corrected chi connectivity index (χ0v) is 15.5. The van der Waals surface area contributed by atoms with Crippen LogP contribution in [0.2, 0.25) is 0 Å². The molecule has 0 saturated carbocycles. The van der Waals surface area contributed by atoms with Gasteiger partial charge < -0.3 is 10.6 Å². The van der Waals surface area contributed by atoms with Crippen LogP contribution in [0.5, 0.6) is 0 Å². The summed E-state index contributed by atoms with van der Waals surface area (Å²) < 4.78 is 0. The van der Waals surface area contributed by atoms with Crippen molar-refractivity contribution in [3.05, 3.63) is 72.6 Å². The van der Waals surface area contributed by atoms with Crippen LogP contribution in [0, 0.1) is 0 Å². The monoisotopic (exact) mass is 373 g/mol. The average molecular weight is 373 g/mol. The molecule has 1 aliphatic rings. The molecule has 2 aromatic carbocycles. The number of hydrogen-bond acceptors (Lipinski definition) is 6. The van der Waals surface area contributed by atoms with E-state index in [9.17, 15) is 0 Å². The van der Waals surface area contributed by atoms with Gasteiger partial charge in [-0.15, -0.1) is 10.2 Å². The lowest BCUT2D eigenvalue weighted by atomic mass is 9.94. The van der Waals surface area contributed by atoms with E-state index in [-0.39, 0.29) is 0 Å². The van der Waals surface area contributed by atoms with Crippen LogP contribution >= 0.6 is 11.3 Å². The Hall–Kier alpha value is -2.83. The largest absolute Gasteiger partial charge is 0.355 e. The molecule has 2 atom stereocenters. The van der Waals surface area contributed by atoms with Gasteiger partial charge in [0, 0.05) is 48.4 Å². The molecule has 1 aliphatic heterocycles. The summed E-state index contributed by atoms with van der Waals surface area (Å²) in [7, 11) is 0. The molecule has 0 aliphatic carbocycles. The van der Waals surface area contributed by atoms with Gasteiger partial charge in [0.1, 0.15) is 5.01 Å². The zero-order chi connectivity index (χ0) is 18.1. The van der Waals surface area contributed by atoms with Gasteiger partial charge in [-0.05, 0) is 23.1 Å². The highest BCUT2D eigenvalue weighted by Gasteiger charge is 2.29. The predicted octanol–water partition coefficient (Wildman–Crippen LogP) is 3.92. The first-order valence-electron chi connectivity index (χ1n) is 9.07. The Morgan fingerprint density at radius 2 is 1.89 bits per heavy atom. The maximum absolute atomic E-state index is 4.40. The van der Waals surface area contributed by atoms with E-state index in [1.807, 2.05) is 18.5 Å². The normalized spacial score (nSPS) is 19.4. The Bertz CT molecular complexity index is 1060. The van der Waals surface area contributed by atoms with Crippen molar-refractivity contribution in [2.75, 3.05) is 18.4 Å². The Morgan fingerprint density at radius 1 is 0.963 bits per heavy atom. The summed E-state index contributed by atoms with van der Waals surface area (Å²) in [6.45, 7) is 1.91. The van der Waals surface area contributed by atoms with Crippen molar-refractivity contribution in [2.24, 2.45) is 0 Å². The highest BCUT2D eigenvalue weighted by Crippen LogP contribution is 2.31. The lowest BCUT2D eigenvalue weighted by molar-refractivity contribution is 0.691. The molecule has 0 radical (unpaired) electrons. The second-order valence-corrected chi connectivity index (χ2v) is 7.75. The molecule has 0 amide bonds. The molecule has 134 valence electrons. The molecule has 0 unspecified atom stereocenters. The molecule has 4 aromatic rings. The molecule has 0 spiro atoms. The second kappa shape index (κ2) is 7.06. The first kappa shape index (κ1) is 16.4. The van der Waals surface area contributed by atoms with E-state index in [1.165, 1.54) is 5.56 Å². The van der Waals surface area contributed by atoms with Gasteiger partial charge in [0.2, 0.25) is 5.13 Å². The molecule has 0 bridgehead atoms. The molecule has 5 rings (SSSR count). The second-order valence-electron chi connectivity index (χ2n) is 6.78. The topological polar surface area (TPSA) is 62.7 Å². The van der Waals surface area contributed by atoms with Gasteiger partial charge in [0.25, 0.3) is 0 Å². The van der Waals surface area contributed by atoms with Crippen LogP contribution in [0.4, 0.5) is 5.13 Å². The van der Waals surface area contributed by atoms with Crippen LogP contribution in [0.15, 0.2) is 67.0 Å². The minimum atomic E-state index is 0.316. The van der Waals surface area contributed by atoms with Crippen molar-refractivity contribution in [1.29, 1.82) is 0 Å². The summed E-state index contributed by atoms with van der Waals surface area (Å²) in [4.78, 5) is 4.17. The van der Waals surface area contributed by atoms with Crippen LogP contribution < -0.4 is 10.6 Å². The summed E-state index contributed by atoms with van der Waals surface area (Å²) in [5, 5.41) is 20.0. The molecular formula is C21H19N5S. The molecule has 2 aromatic heterocycles. The van der Waals surface area contributed by atoms with E-state index >= 15 is 0 Å². The minimum Gasteiger partial charge on any atom is -0.355 e. The fraction of sp³-hybridized carbons (Fsp3) is 0.190. The summed E-state index contributed by atoms with van der Waals surface area (Å²) in [5.74, 6) is 0.437. The van der Waals surface area contributed by atoms with Gasteiger partial charge >= 0.3 is 0 Å². The number of aromatic nitrogens is 3.